The predicted molar refractivity (Wildman–Crippen MR) is 143 cm³/mol. The third-order valence-corrected chi connectivity index (χ3v) is 6.48. The van der Waals surface area contributed by atoms with Gasteiger partial charge in [0.15, 0.2) is 5.69 Å². The summed E-state index contributed by atoms with van der Waals surface area (Å²) in [5, 5.41) is 14.2. The Morgan fingerprint density at radius 2 is 1.95 bits per heavy atom. The van der Waals surface area contributed by atoms with Crippen LogP contribution in [-0.4, -0.2) is 39.2 Å². The molecule has 0 radical (unpaired) electrons. The van der Waals surface area contributed by atoms with Gasteiger partial charge in [-0.15, -0.1) is 0 Å². The fourth-order valence-electron chi connectivity index (χ4n) is 4.19. The van der Waals surface area contributed by atoms with E-state index in [1.54, 1.807) is 16.8 Å². The van der Waals surface area contributed by atoms with E-state index in [-0.39, 0.29) is 23.6 Å². The van der Waals surface area contributed by atoms with Gasteiger partial charge in [-0.1, -0.05) is 41.9 Å². The molecule has 1 saturated heterocycles. The maximum absolute atomic E-state index is 12.9. The fraction of sp³-hybridized carbons (Fsp3) is 0.185. The molecule has 1 fully saturated rings. The number of nitrogen functional groups attached to an aromatic ring is 1. The number of nitrogens with one attached hydrogen (secondary N) is 3. The maximum Gasteiger partial charge on any atom is 0.271 e. The standard InChI is InChI=1S/C27H26ClN7O2/c28-21-11-9-17(22-7-4-8-24(29)33-22)13-18(21)15-30-25-14-23(34-35(25)20-5-2-1-3-6-20)27(37)31-16-19-10-12-26(36)32-19/h1-9,11,13-14,19,30H,10,12,15-16H2,(H2,29,33)(H,31,37)(H,32,36). The van der Waals surface area contributed by atoms with Gasteiger partial charge in [-0.2, -0.15) is 5.10 Å². The monoisotopic (exact) mass is 515 g/mol. The molecule has 0 saturated carbocycles. The summed E-state index contributed by atoms with van der Waals surface area (Å²) < 4.78 is 1.68. The summed E-state index contributed by atoms with van der Waals surface area (Å²) in [4.78, 5) is 28.7. The van der Waals surface area contributed by atoms with Gasteiger partial charge >= 0.3 is 0 Å². The molecule has 0 spiro atoms. The molecule has 1 aliphatic heterocycles. The summed E-state index contributed by atoms with van der Waals surface area (Å²) in [5.41, 5.74) is 9.42. The van der Waals surface area contributed by atoms with Crippen molar-refractivity contribution in [2.24, 2.45) is 0 Å². The van der Waals surface area contributed by atoms with Crippen molar-refractivity contribution >= 4 is 35.1 Å². The van der Waals surface area contributed by atoms with Crippen LogP contribution in [0.3, 0.4) is 0 Å². The number of hydrogen-bond donors (Lipinski definition) is 4. The first kappa shape index (κ1) is 24.3. The topological polar surface area (TPSA) is 127 Å². The molecule has 5 N–H and O–H groups in total. The molecule has 1 aliphatic rings. The van der Waals surface area contributed by atoms with Gasteiger partial charge in [-0.05, 0) is 48.4 Å². The van der Waals surface area contributed by atoms with Crippen molar-refractivity contribution in [3.8, 4) is 16.9 Å². The van der Waals surface area contributed by atoms with Gasteiger partial charge < -0.3 is 21.7 Å². The van der Waals surface area contributed by atoms with Gasteiger partial charge in [0.25, 0.3) is 5.91 Å². The molecule has 0 aliphatic carbocycles. The second kappa shape index (κ2) is 10.7. The molecule has 5 rings (SSSR count). The van der Waals surface area contributed by atoms with Crippen LogP contribution < -0.4 is 21.7 Å². The Morgan fingerprint density at radius 1 is 1.11 bits per heavy atom. The van der Waals surface area contributed by atoms with E-state index in [1.807, 2.05) is 60.7 Å². The highest BCUT2D eigenvalue weighted by Gasteiger charge is 2.22. The normalized spacial score (nSPS) is 14.8. The maximum atomic E-state index is 12.9. The van der Waals surface area contributed by atoms with Crippen LogP contribution in [0.4, 0.5) is 11.6 Å². The van der Waals surface area contributed by atoms with Crippen LogP contribution in [-0.2, 0) is 11.3 Å². The Balaban J connectivity index is 1.36. The Bertz CT molecular complexity index is 1440. The Kier molecular flexibility index (Phi) is 7.04. The number of rotatable bonds is 8. The van der Waals surface area contributed by atoms with Gasteiger partial charge in [-0.25, -0.2) is 9.67 Å². The minimum Gasteiger partial charge on any atom is -0.384 e. The lowest BCUT2D eigenvalue weighted by molar-refractivity contribution is -0.119. The number of anilines is 2. The average molecular weight is 516 g/mol. The van der Waals surface area contributed by atoms with Crippen LogP contribution in [0.2, 0.25) is 5.02 Å². The second-order valence-corrected chi connectivity index (χ2v) is 9.19. The highest BCUT2D eigenvalue weighted by Crippen LogP contribution is 2.26. The molecule has 10 heteroatoms. The molecule has 2 aromatic carbocycles. The van der Waals surface area contributed by atoms with Crippen molar-refractivity contribution in [1.29, 1.82) is 0 Å². The minimum absolute atomic E-state index is 0.00772. The van der Waals surface area contributed by atoms with Gasteiger partial charge in [0.05, 0.1) is 11.4 Å². The molecule has 0 bridgehead atoms. The van der Waals surface area contributed by atoms with E-state index in [9.17, 15) is 9.59 Å². The SMILES string of the molecule is Nc1cccc(-c2ccc(Cl)c(CNc3cc(C(=O)NCC4CCC(=O)N4)nn3-c3ccccc3)c2)n1. The number of nitrogens with zero attached hydrogens (tertiary/aromatic N) is 3. The number of nitrogens with two attached hydrogens (primary N) is 1. The number of pyridine rings is 1. The van der Waals surface area contributed by atoms with Gasteiger partial charge in [-0.3, -0.25) is 9.59 Å². The molecule has 2 amide bonds. The van der Waals surface area contributed by atoms with E-state index in [2.05, 4.69) is 26.0 Å². The highest BCUT2D eigenvalue weighted by molar-refractivity contribution is 6.31. The lowest BCUT2D eigenvalue weighted by Crippen LogP contribution is -2.38. The van der Waals surface area contributed by atoms with Crippen molar-refractivity contribution in [3.63, 3.8) is 0 Å². The summed E-state index contributed by atoms with van der Waals surface area (Å²) in [6, 6.07) is 22.4. The fourth-order valence-corrected chi connectivity index (χ4v) is 4.37. The van der Waals surface area contributed by atoms with E-state index in [1.165, 1.54) is 0 Å². The Hall–Kier alpha value is -4.37. The molecule has 9 nitrogen and oxygen atoms in total. The van der Waals surface area contributed by atoms with Crippen LogP contribution in [0.25, 0.3) is 16.9 Å². The third kappa shape index (κ3) is 5.73. The van der Waals surface area contributed by atoms with Gasteiger partial charge in [0.2, 0.25) is 5.91 Å². The van der Waals surface area contributed by atoms with Crippen molar-refractivity contribution in [1.82, 2.24) is 25.4 Å². The van der Waals surface area contributed by atoms with Crippen LogP contribution >= 0.6 is 11.6 Å². The zero-order valence-electron chi connectivity index (χ0n) is 19.9. The zero-order chi connectivity index (χ0) is 25.8. The summed E-state index contributed by atoms with van der Waals surface area (Å²) in [5.74, 6) is 0.772. The summed E-state index contributed by atoms with van der Waals surface area (Å²) >= 11 is 6.51. The number of halogens is 1. The first-order valence-electron chi connectivity index (χ1n) is 11.9. The molecule has 1 atom stereocenters. The van der Waals surface area contributed by atoms with Crippen molar-refractivity contribution in [2.45, 2.75) is 25.4 Å². The van der Waals surface area contributed by atoms with Gasteiger partial charge in [0.1, 0.15) is 11.6 Å². The molecule has 188 valence electrons. The average Bonchev–Trinajstić information content (AvgIpc) is 3.53. The number of carbonyl (C=O) groups is 2. The minimum atomic E-state index is -0.313. The number of hydrogen-bond acceptors (Lipinski definition) is 6. The summed E-state index contributed by atoms with van der Waals surface area (Å²) in [7, 11) is 0. The Labute approximate surface area is 219 Å². The predicted octanol–water partition coefficient (Wildman–Crippen LogP) is 3.79. The lowest BCUT2D eigenvalue weighted by Gasteiger charge is -2.12. The first-order chi connectivity index (χ1) is 18.0. The molecular weight excluding hydrogens is 490 g/mol. The van der Waals surface area contributed by atoms with E-state index >= 15 is 0 Å². The molecule has 4 aromatic rings. The molecule has 3 heterocycles. The van der Waals surface area contributed by atoms with E-state index in [0.29, 0.717) is 42.6 Å². The van der Waals surface area contributed by atoms with E-state index < -0.39 is 0 Å². The lowest BCUT2D eigenvalue weighted by atomic mass is 10.1. The van der Waals surface area contributed by atoms with Gasteiger partial charge in [0, 0.05) is 42.2 Å². The highest BCUT2D eigenvalue weighted by atomic mass is 35.5. The molecular formula is C27H26ClN7O2. The van der Waals surface area contributed by atoms with Crippen LogP contribution in [0.5, 0.6) is 0 Å². The quantitative estimate of drug-likeness (QED) is 0.283. The van der Waals surface area contributed by atoms with E-state index in [4.69, 9.17) is 17.3 Å². The number of para-hydroxylation sites is 1. The second-order valence-electron chi connectivity index (χ2n) is 8.78. The van der Waals surface area contributed by atoms with Crippen LogP contribution in [0.1, 0.15) is 28.9 Å². The Morgan fingerprint density at radius 3 is 2.70 bits per heavy atom. The number of benzene rings is 2. The molecule has 1 unspecified atom stereocenters. The van der Waals surface area contributed by atoms with Crippen molar-refractivity contribution < 1.29 is 9.59 Å². The van der Waals surface area contributed by atoms with Crippen LogP contribution in [0, 0.1) is 0 Å². The molecule has 37 heavy (non-hydrogen) atoms. The smallest absolute Gasteiger partial charge is 0.271 e. The number of amides is 2. The molecule has 2 aromatic heterocycles. The number of aromatic nitrogens is 3. The summed E-state index contributed by atoms with van der Waals surface area (Å²) in [6.45, 7) is 0.745. The van der Waals surface area contributed by atoms with Crippen LogP contribution in [0.15, 0.2) is 72.8 Å². The zero-order valence-corrected chi connectivity index (χ0v) is 20.7. The largest absolute Gasteiger partial charge is 0.384 e. The van der Waals surface area contributed by atoms with E-state index in [0.717, 1.165) is 22.5 Å². The van der Waals surface area contributed by atoms with Crippen molar-refractivity contribution in [2.75, 3.05) is 17.6 Å². The van der Waals surface area contributed by atoms with Crippen molar-refractivity contribution in [3.05, 3.63) is 89.1 Å². The first-order valence-corrected chi connectivity index (χ1v) is 12.3. The number of carbonyl (C=O) groups excluding carboxylic acids is 2. The summed E-state index contributed by atoms with van der Waals surface area (Å²) in [6.07, 6.45) is 1.18. The third-order valence-electron chi connectivity index (χ3n) is 6.11.